The van der Waals surface area contributed by atoms with Crippen molar-refractivity contribution >= 4 is 32.7 Å². The Morgan fingerprint density at radius 2 is 1.02 bits per heavy atom. The van der Waals surface area contributed by atoms with Crippen LogP contribution >= 0.6 is 0 Å². The molecule has 3 nitrogen and oxygen atoms in total. The molecule has 44 heavy (non-hydrogen) atoms. The summed E-state index contributed by atoms with van der Waals surface area (Å²) in [5.41, 5.74) is 18.4. The first-order valence-corrected chi connectivity index (χ1v) is 15.2. The molecule has 0 fully saturated rings. The van der Waals surface area contributed by atoms with Crippen LogP contribution in [0.4, 0.5) is 0 Å². The number of nitrogens with two attached hydrogens (primary N) is 1. The van der Waals surface area contributed by atoms with Gasteiger partial charge in [0, 0.05) is 27.4 Å². The molecule has 0 radical (unpaired) electrons. The van der Waals surface area contributed by atoms with Gasteiger partial charge in [-0.3, -0.25) is 0 Å². The van der Waals surface area contributed by atoms with Crippen LogP contribution in [0.1, 0.15) is 5.56 Å². The number of rotatable bonds is 6. The lowest BCUT2D eigenvalue weighted by Crippen LogP contribution is -2.02. The number of aromatic nitrogens is 2. The standard InChI is InChI=1S/C41H31N3/c42-26-25-28-13-15-32(16-14-28)39-27-37(34-7-1-4-10-38(34)43-39)31-19-17-29(18-20-31)30-21-23-33(24-22-30)44-40-11-5-2-8-35(40)36-9-3-6-12-41(36)44/h1-24,27H,25-26,42H2. The normalized spacial score (nSPS) is 11.5. The third-order valence-corrected chi connectivity index (χ3v) is 8.63. The highest BCUT2D eigenvalue weighted by molar-refractivity contribution is 6.09. The van der Waals surface area contributed by atoms with Crippen molar-refractivity contribution in [1.82, 2.24) is 9.55 Å². The second kappa shape index (κ2) is 11.0. The second-order valence-corrected chi connectivity index (χ2v) is 11.3. The fourth-order valence-corrected chi connectivity index (χ4v) is 6.42. The van der Waals surface area contributed by atoms with Gasteiger partial charge in [0.15, 0.2) is 0 Å². The molecule has 0 bridgehead atoms. The molecule has 0 aliphatic heterocycles. The molecule has 0 atom stereocenters. The Morgan fingerprint density at radius 3 is 1.66 bits per heavy atom. The highest BCUT2D eigenvalue weighted by atomic mass is 15.0. The van der Waals surface area contributed by atoms with E-state index in [1.54, 1.807) is 0 Å². The number of hydrogen-bond donors (Lipinski definition) is 1. The topological polar surface area (TPSA) is 43.8 Å². The molecule has 3 heteroatoms. The average molecular weight is 566 g/mol. The number of nitrogens with zero attached hydrogens (tertiary/aromatic N) is 2. The van der Waals surface area contributed by atoms with Crippen molar-refractivity contribution in [2.24, 2.45) is 5.73 Å². The zero-order chi connectivity index (χ0) is 29.5. The quantitative estimate of drug-likeness (QED) is 0.218. The summed E-state index contributed by atoms with van der Waals surface area (Å²) in [6.07, 6.45) is 0.881. The van der Waals surface area contributed by atoms with E-state index in [4.69, 9.17) is 10.7 Å². The molecule has 2 aromatic heterocycles. The van der Waals surface area contributed by atoms with Crippen molar-refractivity contribution in [2.75, 3.05) is 6.54 Å². The van der Waals surface area contributed by atoms with Gasteiger partial charge in [0.25, 0.3) is 0 Å². The van der Waals surface area contributed by atoms with Gasteiger partial charge in [-0.05, 0) is 77.2 Å². The van der Waals surface area contributed by atoms with E-state index in [-0.39, 0.29) is 0 Å². The van der Waals surface area contributed by atoms with E-state index in [1.165, 1.54) is 49.6 Å². The largest absolute Gasteiger partial charge is 0.330 e. The van der Waals surface area contributed by atoms with Gasteiger partial charge in [0.05, 0.1) is 22.2 Å². The van der Waals surface area contributed by atoms with Gasteiger partial charge in [-0.1, -0.05) is 115 Å². The van der Waals surface area contributed by atoms with Gasteiger partial charge >= 0.3 is 0 Å². The fraction of sp³-hybridized carbons (Fsp3) is 0.0488. The third-order valence-electron chi connectivity index (χ3n) is 8.63. The van der Waals surface area contributed by atoms with E-state index in [0.29, 0.717) is 6.54 Å². The number of hydrogen-bond acceptors (Lipinski definition) is 2. The summed E-state index contributed by atoms with van der Waals surface area (Å²) in [4.78, 5) is 5.01. The molecule has 0 spiro atoms. The van der Waals surface area contributed by atoms with Gasteiger partial charge in [-0.15, -0.1) is 0 Å². The molecule has 2 N–H and O–H groups in total. The maximum absolute atomic E-state index is 5.75. The zero-order valence-electron chi connectivity index (χ0n) is 24.3. The number of pyridine rings is 1. The molecule has 0 saturated carbocycles. The monoisotopic (exact) mass is 565 g/mol. The van der Waals surface area contributed by atoms with Crippen LogP contribution in [0.5, 0.6) is 0 Å². The number of para-hydroxylation sites is 3. The third kappa shape index (κ3) is 4.55. The molecule has 8 rings (SSSR count). The van der Waals surface area contributed by atoms with Crippen molar-refractivity contribution in [3.05, 3.63) is 157 Å². The molecule has 0 amide bonds. The predicted octanol–water partition coefficient (Wildman–Crippen LogP) is 9.83. The van der Waals surface area contributed by atoms with Crippen molar-refractivity contribution < 1.29 is 0 Å². The maximum atomic E-state index is 5.75. The SMILES string of the molecule is NCCc1ccc(-c2cc(-c3ccc(-c4ccc(-n5c6ccccc6c6ccccc65)cc4)cc3)c3ccccc3n2)cc1. The van der Waals surface area contributed by atoms with E-state index in [0.717, 1.165) is 34.3 Å². The van der Waals surface area contributed by atoms with Gasteiger partial charge < -0.3 is 10.3 Å². The first kappa shape index (κ1) is 26.1. The van der Waals surface area contributed by atoms with Crippen LogP contribution in [-0.2, 0) is 6.42 Å². The minimum absolute atomic E-state index is 0.652. The molecule has 0 aliphatic rings. The van der Waals surface area contributed by atoms with Crippen molar-refractivity contribution in [3.63, 3.8) is 0 Å². The first-order chi connectivity index (χ1) is 21.8. The minimum Gasteiger partial charge on any atom is -0.330 e. The molecule has 0 saturated heterocycles. The molecular weight excluding hydrogens is 534 g/mol. The van der Waals surface area contributed by atoms with Crippen LogP contribution in [0.3, 0.4) is 0 Å². The van der Waals surface area contributed by atoms with E-state index in [1.807, 2.05) is 0 Å². The highest BCUT2D eigenvalue weighted by Crippen LogP contribution is 2.35. The van der Waals surface area contributed by atoms with Crippen molar-refractivity contribution in [3.8, 4) is 39.2 Å². The Labute approximate surface area is 256 Å². The lowest BCUT2D eigenvalue weighted by molar-refractivity contribution is 0.969. The maximum Gasteiger partial charge on any atom is 0.0715 e. The van der Waals surface area contributed by atoms with Crippen LogP contribution in [0.25, 0.3) is 71.9 Å². The lowest BCUT2D eigenvalue weighted by Gasteiger charge is -2.12. The summed E-state index contributed by atoms with van der Waals surface area (Å²) < 4.78 is 2.36. The Hall–Kier alpha value is -5.51. The lowest BCUT2D eigenvalue weighted by atomic mass is 9.96. The summed E-state index contributed by atoms with van der Waals surface area (Å²) >= 11 is 0. The predicted molar refractivity (Wildman–Crippen MR) is 185 cm³/mol. The molecule has 210 valence electrons. The van der Waals surface area contributed by atoms with Crippen molar-refractivity contribution in [2.45, 2.75) is 6.42 Å². The summed E-state index contributed by atoms with van der Waals surface area (Å²) in [7, 11) is 0. The number of benzene rings is 6. The van der Waals surface area contributed by atoms with Crippen LogP contribution in [-0.4, -0.2) is 16.1 Å². The summed E-state index contributed by atoms with van der Waals surface area (Å²) in [5, 5.41) is 3.70. The molecular formula is C41H31N3. The van der Waals surface area contributed by atoms with Crippen LogP contribution in [0.15, 0.2) is 152 Å². The van der Waals surface area contributed by atoms with Gasteiger partial charge in [0.2, 0.25) is 0 Å². The fourth-order valence-electron chi connectivity index (χ4n) is 6.42. The Morgan fingerprint density at radius 1 is 0.500 bits per heavy atom. The number of fused-ring (bicyclic) bond motifs is 4. The Bertz CT molecular complexity index is 2210. The molecule has 2 heterocycles. The highest BCUT2D eigenvalue weighted by Gasteiger charge is 2.13. The summed E-state index contributed by atoms with van der Waals surface area (Å²) in [5.74, 6) is 0. The molecule has 6 aromatic carbocycles. The van der Waals surface area contributed by atoms with Crippen LogP contribution in [0, 0.1) is 0 Å². The Balaban J connectivity index is 1.14. The zero-order valence-corrected chi connectivity index (χ0v) is 24.3. The molecule has 0 aliphatic carbocycles. The first-order valence-electron chi connectivity index (χ1n) is 15.2. The second-order valence-electron chi connectivity index (χ2n) is 11.3. The van der Waals surface area contributed by atoms with Crippen LogP contribution < -0.4 is 5.73 Å². The summed E-state index contributed by atoms with van der Waals surface area (Å²) in [6, 6.07) is 54.3. The van der Waals surface area contributed by atoms with Crippen LogP contribution in [0.2, 0.25) is 0 Å². The summed E-state index contributed by atoms with van der Waals surface area (Å²) in [6.45, 7) is 0.652. The van der Waals surface area contributed by atoms with E-state index >= 15 is 0 Å². The van der Waals surface area contributed by atoms with E-state index in [9.17, 15) is 0 Å². The van der Waals surface area contributed by atoms with Gasteiger partial charge in [-0.25, -0.2) is 4.98 Å². The minimum atomic E-state index is 0.652. The van der Waals surface area contributed by atoms with Gasteiger partial charge in [-0.2, -0.15) is 0 Å². The Kier molecular flexibility index (Phi) is 6.51. The van der Waals surface area contributed by atoms with Crippen molar-refractivity contribution in [1.29, 1.82) is 0 Å². The smallest absolute Gasteiger partial charge is 0.0715 e. The molecule has 8 aromatic rings. The average Bonchev–Trinajstić information content (AvgIpc) is 3.43. The van der Waals surface area contributed by atoms with E-state index < -0.39 is 0 Å². The molecule has 0 unspecified atom stereocenters. The van der Waals surface area contributed by atoms with E-state index in [2.05, 4.69) is 156 Å². The van der Waals surface area contributed by atoms with Gasteiger partial charge in [0.1, 0.15) is 0 Å².